The Hall–Kier alpha value is -3.38. The molecule has 1 aromatic heterocycles. The molecule has 0 saturated carbocycles. The third kappa shape index (κ3) is 6.05. The van der Waals surface area contributed by atoms with Crippen molar-refractivity contribution < 1.29 is 19.0 Å². The Balaban J connectivity index is 1.62. The van der Waals surface area contributed by atoms with Gasteiger partial charge in [-0.1, -0.05) is 48.5 Å². The predicted molar refractivity (Wildman–Crippen MR) is 110 cm³/mol. The number of hydrogen-bond donors (Lipinski definition) is 1. The number of nitrogens with zero attached hydrogens (tertiary/aromatic N) is 1. The second-order valence-corrected chi connectivity index (χ2v) is 6.26. The lowest BCUT2D eigenvalue weighted by molar-refractivity contribution is 0.0941. The summed E-state index contributed by atoms with van der Waals surface area (Å²) in [5, 5.41) is 2.91. The molecule has 6 heteroatoms. The SMILES string of the molecule is COCCOc1ncccc1C(=O)NCc1ccccc1OCc1ccccc1. The van der Waals surface area contributed by atoms with Crippen LogP contribution in [0.4, 0.5) is 0 Å². The number of carbonyl (C=O) groups excluding carboxylic acids is 1. The molecule has 0 aliphatic carbocycles. The number of amides is 1. The molecule has 0 radical (unpaired) electrons. The molecule has 0 atom stereocenters. The van der Waals surface area contributed by atoms with Gasteiger partial charge in [-0.25, -0.2) is 4.98 Å². The molecule has 2 aromatic carbocycles. The number of hydrogen-bond acceptors (Lipinski definition) is 5. The first kappa shape index (κ1) is 20.4. The Kier molecular flexibility index (Phi) is 7.60. The lowest BCUT2D eigenvalue weighted by Gasteiger charge is -2.13. The molecule has 0 saturated heterocycles. The number of pyridine rings is 1. The normalized spacial score (nSPS) is 10.4. The fourth-order valence-electron chi connectivity index (χ4n) is 2.70. The number of carbonyl (C=O) groups is 1. The van der Waals surface area contributed by atoms with Crippen LogP contribution in [0.3, 0.4) is 0 Å². The highest BCUT2D eigenvalue weighted by Gasteiger charge is 2.14. The van der Waals surface area contributed by atoms with Crippen molar-refractivity contribution in [1.82, 2.24) is 10.3 Å². The molecule has 0 spiro atoms. The van der Waals surface area contributed by atoms with Crippen molar-refractivity contribution in [2.24, 2.45) is 0 Å². The minimum Gasteiger partial charge on any atom is -0.489 e. The summed E-state index contributed by atoms with van der Waals surface area (Å²) in [6, 6.07) is 21.0. The lowest BCUT2D eigenvalue weighted by Crippen LogP contribution is -2.24. The molecule has 0 bridgehead atoms. The van der Waals surface area contributed by atoms with Crippen LogP contribution < -0.4 is 14.8 Å². The van der Waals surface area contributed by atoms with Crippen molar-refractivity contribution in [1.29, 1.82) is 0 Å². The van der Waals surface area contributed by atoms with E-state index >= 15 is 0 Å². The Bertz CT molecular complexity index is 916. The molecule has 3 aromatic rings. The van der Waals surface area contributed by atoms with Crippen molar-refractivity contribution >= 4 is 5.91 Å². The van der Waals surface area contributed by atoms with E-state index in [1.165, 1.54) is 0 Å². The first-order valence-electron chi connectivity index (χ1n) is 9.37. The fourth-order valence-corrected chi connectivity index (χ4v) is 2.70. The Morgan fingerprint density at radius 1 is 0.931 bits per heavy atom. The summed E-state index contributed by atoms with van der Waals surface area (Å²) in [6.45, 7) is 1.54. The van der Waals surface area contributed by atoms with Crippen LogP contribution in [0.25, 0.3) is 0 Å². The molecular formula is C23H24N2O4. The van der Waals surface area contributed by atoms with Crippen LogP contribution in [0.2, 0.25) is 0 Å². The van der Waals surface area contributed by atoms with Crippen molar-refractivity contribution in [2.75, 3.05) is 20.3 Å². The second kappa shape index (κ2) is 10.8. The van der Waals surface area contributed by atoms with Gasteiger partial charge in [-0.3, -0.25) is 4.79 Å². The number of benzene rings is 2. The van der Waals surface area contributed by atoms with Gasteiger partial charge in [0.1, 0.15) is 24.5 Å². The lowest BCUT2D eigenvalue weighted by atomic mass is 10.2. The molecular weight excluding hydrogens is 368 g/mol. The van der Waals surface area contributed by atoms with E-state index in [-0.39, 0.29) is 11.8 Å². The molecule has 0 aliphatic heterocycles. The predicted octanol–water partition coefficient (Wildman–Crippen LogP) is 3.62. The highest BCUT2D eigenvalue weighted by atomic mass is 16.5. The molecule has 1 amide bonds. The van der Waals surface area contributed by atoms with Crippen molar-refractivity contribution in [3.05, 3.63) is 89.6 Å². The zero-order valence-electron chi connectivity index (χ0n) is 16.3. The molecule has 1 N–H and O–H groups in total. The highest BCUT2D eigenvalue weighted by Crippen LogP contribution is 2.20. The molecule has 29 heavy (non-hydrogen) atoms. The van der Waals surface area contributed by atoms with Gasteiger partial charge >= 0.3 is 0 Å². The smallest absolute Gasteiger partial charge is 0.257 e. The van der Waals surface area contributed by atoms with E-state index in [2.05, 4.69) is 10.3 Å². The number of ether oxygens (including phenoxy) is 3. The fraction of sp³-hybridized carbons (Fsp3) is 0.217. The largest absolute Gasteiger partial charge is 0.489 e. The summed E-state index contributed by atoms with van der Waals surface area (Å²) in [6.07, 6.45) is 1.59. The van der Waals surface area contributed by atoms with Crippen LogP contribution in [0.1, 0.15) is 21.5 Å². The van der Waals surface area contributed by atoms with E-state index in [0.29, 0.717) is 31.9 Å². The first-order valence-corrected chi connectivity index (χ1v) is 9.37. The van der Waals surface area contributed by atoms with Crippen LogP contribution in [-0.4, -0.2) is 31.2 Å². The van der Waals surface area contributed by atoms with Crippen LogP contribution in [0.15, 0.2) is 72.9 Å². The summed E-state index contributed by atoms with van der Waals surface area (Å²) >= 11 is 0. The number of rotatable bonds is 10. The topological polar surface area (TPSA) is 69.7 Å². The van der Waals surface area contributed by atoms with E-state index < -0.39 is 0 Å². The van der Waals surface area contributed by atoms with E-state index in [1.54, 1.807) is 25.4 Å². The maximum atomic E-state index is 12.7. The molecule has 6 nitrogen and oxygen atoms in total. The second-order valence-electron chi connectivity index (χ2n) is 6.26. The zero-order valence-corrected chi connectivity index (χ0v) is 16.3. The van der Waals surface area contributed by atoms with Crippen LogP contribution in [-0.2, 0) is 17.9 Å². The van der Waals surface area contributed by atoms with E-state index in [0.717, 1.165) is 16.9 Å². The molecule has 0 aliphatic rings. The Morgan fingerprint density at radius 3 is 2.55 bits per heavy atom. The van der Waals surface area contributed by atoms with Gasteiger partial charge in [0.05, 0.1) is 6.61 Å². The minimum atomic E-state index is -0.261. The molecule has 0 unspecified atom stereocenters. The monoisotopic (exact) mass is 392 g/mol. The quantitative estimate of drug-likeness (QED) is 0.534. The van der Waals surface area contributed by atoms with Gasteiger partial charge in [-0.05, 0) is 23.8 Å². The van der Waals surface area contributed by atoms with Gasteiger partial charge in [0.15, 0.2) is 0 Å². The Morgan fingerprint density at radius 2 is 1.72 bits per heavy atom. The summed E-state index contributed by atoms with van der Waals surface area (Å²) in [7, 11) is 1.59. The van der Waals surface area contributed by atoms with Crippen molar-refractivity contribution in [2.45, 2.75) is 13.2 Å². The first-order chi connectivity index (χ1) is 14.3. The Labute approximate surface area is 170 Å². The van der Waals surface area contributed by atoms with Gasteiger partial charge in [0.2, 0.25) is 5.88 Å². The van der Waals surface area contributed by atoms with E-state index in [1.807, 2.05) is 54.6 Å². The van der Waals surface area contributed by atoms with E-state index in [4.69, 9.17) is 14.2 Å². The summed E-state index contributed by atoms with van der Waals surface area (Å²) in [5.41, 5.74) is 2.35. The molecule has 150 valence electrons. The van der Waals surface area contributed by atoms with Gasteiger partial charge in [0, 0.05) is 25.4 Å². The summed E-state index contributed by atoms with van der Waals surface area (Å²) in [4.78, 5) is 16.8. The molecule has 1 heterocycles. The van der Waals surface area contributed by atoms with Crippen molar-refractivity contribution in [3.8, 4) is 11.6 Å². The zero-order chi connectivity index (χ0) is 20.3. The van der Waals surface area contributed by atoms with Crippen molar-refractivity contribution in [3.63, 3.8) is 0 Å². The van der Waals surface area contributed by atoms with E-state index in [9.17, 15) is 4.79 Å². The highest BCUT2D eigenvalue weighted by molar-refractivity contribution is 5.96. The van der Waals surface area contributed by atoms with Gasteiger partial charge < -0.3 is 19.5 Å². The van der Waals surface area contributed by atoms with Gasteiger partial charge in [-0.2, -0.15) is 0 Å². The summed E-state index contributed by atoms with van der Waals surface area (Å²) in [5.74, 6) is 0.762. The standard InChI is InChI=1S/C23H24N2O4/c1-27-14-15-28-23-20(11-7-13-24-23)22(26)25-16-19-10-5-6-12-21(19)29-17-18-8-3-2-4-9-18/h2-13H,14-17H2,1H3,(H,25,26). The van der Waals surface area contributed by atoms with Gasteiger partial charge in [-0.15, -0.1) is 0 Å². The molecule has 0 fully saturated rings. The number of methoxy groups -OCH3 is 1. The maximum absolute atomic E-state index is 12.7. The molecule has 3 rings (SSSR count). The average molecular weight is 392 g/mol. The third-order valence-corrected chi connectivity index (χ3v) is 4.19. The third-order valence-electron chi connectivity index (χ3n) is 4.19. The van der Waals surface area contributed by atoms with Crippen LogP contribution in [0, 0.1) is 0 Å². The maximum Gasteiger partial charge on any atom is 0.257 e. The summed E-state index contributed by atoms with van der Waals surface area (Å²) < 4.78 is 16.5. The minimum absolute atomic E-state index is 0.261. The number of nitrogens with one attached hydrogen (secondary N) is 1. The van der Waals surface area contributed by atoms with Crippen LogP contribution >= 0.6 is 0 Å². The van der Waals surface area contributed by atoms with Crippen LogP contribution in [0.5, 0.6) is 11.6 Å². The number of aromatic nitrogens is 1. The number of para-hydroxylation sites is 1. The average Bonchev–Trinajstić information content (AvgIpc) is 2.78. The van der Waals surface area contributed by atoms with Gasteiger partial charge in [0.25, 0.3) is 5.91 Å².